The van der Waals surface area contributed by atoms with E-state index >= 15 is 0 Å². The molecule has 0 aromatic heterocycles. The molecule has 17 heavy (non-hydrogen) atoms. The highest BCUT2D eigenvalue weighted by Gasteiger charge is 2.27. The summed E-state index contributed by atoms with van der Waals surface area (Å²) < 4.78 is 0. The number of rotatable bonds is 3. The molecule has 0 amide bonds. The highest BCUT2D eigenvalue weighted by atomic mass is 16.6. The van der Waals surface area contributed by atoms with Gasteiger partial charge in [-0.05, 0) is 24.5 Å². The van der Waals surface area contributed by atoms with Gasteiger partial charge in [0.25, 0.3) is 0 Å². The van der Waals surface area contributed by atoms with E-state index in [9.17, 15) is 10.1 Å². The van der Waals surface area contributed by atoms with Gasteiger partial charge >= 0.3 is 5.69 Å². The number of anilines is 2. The van der Waals surface area contributed by atoms with Crippen LogP contribution in [-0.4, -0.2) is 18.0 Å². The second-order valence-electron chi connectivity index (χ2n) is 4.48. The number of hydrogen-bond acceptors (Lipinski definition) is 4. The zero-order valence-corrected chi connectivity index (χ0v) is 9.93. The van der Waals surface area contributed by atoms with Crippen LogP contribution in [-0.2, 0) is 0 Å². The average Bonchev–Trinajstić information content (AvgIpc) is 2.76. The summed E-state index contributed by atoms with van der Waals surface area (Å²) >= 11 is 0. The van der Waals surface area contributed by atoms with Gasteiger partial charge in [0.15, 0.2) is 0 Å². The Hall–Kier alpha value is -1.78. The molecular formula is C12H17N3O2. The fourth-order valence-electron chi connectivity index (χ4n) is 2.39. The Morgan fingerprint density at radius 2 is 2.35 bits per heavy atom. The lowest BCUT2D eigenvalue weighted by molar-refractivity contribution is -0.383. The normalized spacial score (nSPS) is 19.6. The van der Waals surface area contributed by atoms with E-state index in [2.05, 4.69) is 11.8 Å². The lowest BCUT2D eigenvalue weighted by atomic mass is 10.1. The zero-order chi connectivity index (χ0) is 12.4. The highest BCUT2D eigenvalue weighted by Crippen LogP contribution is 2.36. The minimum atomic E-state index is -0.385. The van der Waals surface area contributed by atoms with Crippen LogP contribution in [0.15, 0.2) is 18.2 Å². The molecule has 0 radical (unpaired) electrons. The second kappa shape index (κ2) is 4.61. The molecule has 1 atom stereocenters. The van der Waals surface area contributed by atoms with E-state index in [4.69, 9.17) is 5.73 Å². The van der Waals surface area contributed by atoms with Crippen LogP contribution >= 0.6 is 0 Å². The van der Waals surface area contributed by atoms with Crippen molar-refractivity contribution in [2.75, 3.05) is 23.7 Å². The molecule has 2 rings (SSSR count). The molecule has 1 aliphatic heterocycles. The minimum absolute atomic E-state index is 0.0456. The summed E-state index contributed by atoms with van der Waals surface area (Å²) in [4.78, 5) is 12.7. The van der Waals surface area contributed by atoms with Gasteiger partial charge in [-0.15, -0.1) is 0 Å². The van der Waals surface area contributed by atoms with Crippen LogP contribution in [0.4, 0.5) is 17.1 Å². The number of hydrogen-bond donors (Lipinski definition) is 1. The minimum Gasteiger partial charge on any atom is -0.393 e. The summed E-state index contributed by atoms with van der Waals surface area (Å²) in [6.07, 6.45) is 2.22. The smallest absolute Gasteiger partial charge is 0.315 e. The summed E-state index contributed by atoms with van der Waals surface area (Å²) in [7, 11) is 0. The highest BCUT2D eigenvalue weighted by molar-refractivity contribution is 5.75. The number of nitrogen functional groups attached to an aromatic ring is 1. The van der Waals surface area contributed by atoms with Crippen LogP contribution in [0.5, 0.6) is 0 Å². The maximum Gasteiger partial charge on any atom is 0.315 e. The van der Waals surface area contributed by atoms with E-state index in [0.717, 1.165) is 25.9 Å². The monoisotopic (exact) mass is 235 g/mol. The van der Waals surface area contributed by atoms with Gasteiger partial charge in [-0.25, -0.2) is 0 Å². The van der Waals surface area contributed by atoms with Crippen molar-refractivity contribution in [3.63, 3.8) is 0 Å². The van der Waals surface area contributed by atoms with E-state index < -0.39 is 0 Å². The summed E-state index contributed by atoms with van der Waals surface area (Å²) in [5.41, 5.74) is 6.64. The summed E-state index contributed by atoms with van der Waals surface area (Å²) in [6.45, 7) is 3.92. The number of nitrogens with zero attached hydrogens (tertiary/aromatic N) is 2. The van der Waals surface area contributed by atoms with Crippen LogP contribution in [0.1, 0.15) is 19.8 Å². The molecule has 1 aliphatic rings. The van der Waals surface area contributed by atoms with Crippen molar-refractivity contribution in [3.05, 3.63) is 28.3 Å². The fourth-order valence-corrected chi connectivity index (χ4v) is 2.39. The van der Waals surface area contributed by atoms with Gasteiger partial charge < -0.3 is 10.6 Å². The first kappa shape index (κ1) is 11.7. The third-order valence-corrected chi connectivity index (χ3v) is 3.43. The Morgan fingerprint density at radius 1 is 1.59 bits per heavy atom. The molecule has 1 saturated heterocycles. The molecule has 5 nitrogen and oxygen atoms in total. The van der Waals surface area contributed by atoms with Gasteiger partial charge in [0.05, 0.1) is 4.92 Å². The van der Waals surface area contributed by atoms with E-state index in [1.54, 1.807) is 18.2 Å². The van der Waals surface area contributed by atoms with Gasteiger partial charge in [0, 0.05) is 13.1 Å². The van der Waals surface area contributed by atoms with Gasteiger partial charge in [-0.2, -0.15) is 0 Å². The molecule has 1 fully saturated rings. The molecule has 1 heterocycles. The molecule has 1 aromatic carbocycles. The number of nitro groups is 1. The van der Waals surface area contributed by atoms with Crippen molar-refractivity contribution >= 4 is 17.1 Å². The summed E-state index contributed by atoms with van der Waals surface area (Å²) in [5, 5.41) is 11.0. The van der Waals surface area contributed by atoms with Crippen molar-refractivity contribution in [1.29, 1.82) is 0 Å². The Bertz CT molecular complexity index is 434. The first-order valence-electron chi connectivity index (χ1n) is 5.91. The van der Waals surface area contributed by atoms with Crippen molar-refractivity contribution < 1.29 is 4.92 Å². The molecule has 5 heteroatoms. The lowest BCUT2D eigenvalue weighted by Crippen LogP contribution is -2.21. The molecular weight excluding hydrogens is 218 g/mol. The van der Waals surface area contributed by atoms with Gasteiger partial charge in [0.1, 0.15) is 11.4 Å². The number of nitro benzene ring substituents is 1. The maximum absolute atomic E-state index is 11.0. The van der Waals surface area contributed by atoms with Crippen molar-refractivity contribution in [2.45, 2.75) is 19.8 Å². The van der Waals surface area contributed by atoms with E-state index in [1.165, 1.54) is 0 Å². The fraction of sp³-hybridized carbons (Fsp3) is 0.500. The molecule has 0 spiro atoms. The summed E-state index contributed by atoms with van der Waals surface area (Å²) in [6, 6.07) is 5.14. The van der Waals surface area contributed by atoms with Crippen molar-refractivity contribution in [1.82, 2.24) is 0 Å². The van der Waals surface area contributed by atoms with Crippen molar-refractivity contribution in [3.8, 4) is 0 Å². The Kier molecular flexibility index (Phi) is 3.17. The van der Waals surface area contributed by atoms with E-state index in [1.807, 2.05) is 0 Å². The van der Waals surface area contributed by atoms with Crippen LogP contribution in [0.3, 0.4) is 0 Å². The van der Waals surface area contributed by atoms with Gasteiger partial charge in [-0.1, -0.05) is 19.4 Å². The molecule has 92 valence electrons. The Labute approximate surface area is 100 Å². The second-order valence-corrected chi connectivity index (χ2v) is 4.48. The first-order valence-corrected chi connectivity index (χ1v) is 5.91. The molecule has 2 N–H and O–H groups in total. The predicted octanol–water partition coefficient (Wildman–Crippen LogP) is 2.41. The number of benzene rings is 1. The molecule has 1 aromatic rings. The third-order valence-electron chi connectivity index (χ3n) is 3.43. The van der Waals surface area contributed by atoms with Crippen LogP contribution in [0, 0.1) is 16.0 Å². The SMILES string of the molecule is CCC1CCN(c2cccc(N)c2[N+](=O)[O-])C1. The number of para-hydroxylation sites is 1. The van der Waals surface area contributed by atoms with E-state index in [0.29, 0.717) is 11.6 Å². The molecule has 0 bridgehead atoms. The third kappa shape index (κ3) is 2.18. The summed E-state index contributed by atoms with van der Waals surface area (Å²) in [5.74, 6) is 0.635. The van der Waals surface area contributed by atoms with Gasteiger partial charge in [-0.3, -0.25) is 10.1 Å². The lowest BCUT2D eigenvalue weighted by Gasteiger charge is -2.18. The topological polar surface area (TPSA) is 72.4 Å². The Morgan fingerprint density at radius 3 is 2.94 bits per heavy atom. The Balaban J connectivity index is 2.33. The van der Waals surface area contributed by atoms with E-state index in [-0.39, 0.29) is 16.3 Å². The standard InChI is InChI=1S/C12H17N3O2/c1-2-9-6-7-14(8-9)11-5-3-4-10(13)12(11)15(16)17/h3-5,9H,2,6-8,13H2,1H3. The van der Waals surface area contributed by atoms with Gasteiger partial charge in [0.2, 0.25) is 0 Å². The van der Waals surface area contributed by atoms with Crippen LogP contribution < -0.4 is 10.6 Å². The molecule has 0 saturated carbocycles. The quantitative estimate of drug-likeness (QED) is 0.496. The van der Waals surface area contributed by atoms with Crippen molar-refractivity contribution in [2.24, 2.45) is 5.92 Å². The van der Waals surface area contributed by atoms with Crippen LogP contribution in [0.25, 0.3) is 0 Å². The zero-order valence-electron chi connectivity index (χ0n) is 9.93. The largest absolute Gasteiger partial charge is 0.393 e. The average molecular weight is 235 g/mol. The number of nitrogens with two attached hydrogens (primary N) is 1. The maximum atomic E-state index is 11.0. The predicted molar refractivity (Wildman–Crippen MR) is 68.1 cm³/mol. The molecule has 0 aliphatic carbocycles. The molecule has 1 unspecified atom stereocenters. The first-order chi connectivity index (χ1) is 8.13. The van der Waals surface area contributed by atoms with Crippen LogP contribution in [0.2, 0.25) is 0 Å².